The van der Waals surface area contributed by atoms with E-state index in [-0.39, 0.29) is 23.5 Å². The van der Waals surface area contributed by atoms with E-state index in [0.717, 1.165) is 164 Å². The predicted octanol–water partition coefficient (Wildman–Crippen LogP) is 9.99. The summed E-state index contributed by atoms with van der Waals surface area (Å²) in [4.78, 5) is 27.7. The average Bonchev–Trinajstić information content (AvgIpc) is 3.94. The molecule has 4 aromatic heterocycles. The van der Waals surface area contributed by atoms with Gasteiger partial charge in [-0.25, -0.2) is 28.7 Å². The van der Waals surface area contributed by atoms with Crippen LogP contribution < -0.4 is 20.4 Å². The molecular formula is C56H70F2N12O4. The lowest BCUT2D eigenvalue weighted by Crippen LogP contribution is -2.72. The predicted molar refractivity (Wildman–Crippen MR) is 281 cm³/mol. The van der Waals surface area contributed by atoms with Gasteiger partial charge in [0.15, 0.2) is 11.6 Å². The molecule has 0 atom stereocenters. The van der Waals surface area contributed by atoms with Gasteiger partial charge in [0.1, 0.15) is 47.2 Å². The molecule has 0 radical (unpaired) electrons. The Kier molecular flexibility index (Phi) is 14.2. The molecule has 0 aliphatic carbocycles. The Morgan fingerprint density at radius 1 is 0.595 bits per heavy atom. The van der Waals surface area contributed by atoms with Gasteiger partial charge in [0, 0.05) is 142 Å². The van der Waals surface area contributed by atoms with Gasteiger partial charge in [-0.2, -0.15) is 0 Å². The summed E-state index contributed by atoms with van der Waals surface area (Å²) in [6, 6.07) is 9.53. The molecule has 10 heterocycles. The molecule has 2 aromatic carbocycles. The van der Waals surface area contributed by atoms with Crippen molar-refractivity contribution in [3.8, 4) is 22.3 Å². The van der Waals surface area contributed by atoms with Crippen molar-refractivity contribution >= 4 is 34.4 Å². The van der Waals surface area contributed by atoms with E-state index in [2.05, 4.69) is 74.3 Å². The van der Waals surface area contributed by atoms with Crippen LogP contribution in [-0.4, -0.2) is 132 Å². The molecule has 6 saturated heterocycles. The van der Waals surface area contributed by atoms with Crippen LogP contribution in [0.1, 0.15) is 88.1 Å². The number of likely N-dealkylation sites (tertiary alicyclic amines) is 2. The second-order valence-corrected chi connectivity index (χ2v) is 22.6. The van der Waals surface area contributed by atoms with E-state index in [1.807, 2.05) is 27.7 Å². The first-order valence-corrected chi connectivity index (χ1v) is 26.6. The second kappa shape index (κ2) is 20.9. The molecule has 16 nitrogen and oxygen atoms in total. The molecule has 12 rings (SSSR count). The van der Waals surface area contributed by atoms with Crippen molar-refractivity contribution in [1.29, 1.82) is 0 Å². The maximum absolute atomic E-state index is 14.4. The second-order valence-electron chi connectivity index (χ2n) is 22.6. The third-order valence-corrected chi connectivity index (χ3v) is 15.9. The molecular weight excluding hydrogens is 943 g/mol. The number of anilines is 6. The van der Waals surface area contributed by atoms with Crippen molar-refractivity contribution < 1.29 is 27.3 Å². The third-order valence-electron chi connectivity index (χ3n) is 15.9. The summed E-state index contributed by atoms with van der Waals surface area (Å²) in [5, 5.41) is 15.4. The van der Waals surface area contributed by atoms with Crippen molar-refractivity contribution in [2.24, 2.45) is 22.7 Å². The Bertz CT molecular complexity index is 2710. The van der Waals surface area contributed by atoms with Crippen LogP contribution in [0.25, 0.3) is 22.3 Å². The highest BCUT2D eigenvalue weighted by molar-refractivity contribution is 5.87. The zero-order valence-electron chi connectivity index (χ0n) is 43.7. The number of nitrogens with one attached hydrogen (secondary N) is 2. The van der Waals surface area contributed by atoms with Crippen LogP contribution in [0.4, 0.5) is 43.2 Å². The number of rotatable bonds is 14. The molecule has 6 fully saturated rings. The molecule has 392 valence electrons. The van der Waals surface area contributed by atoms with Gasteiger partial charge >= 0.3 is 0 Å². The molecule has 18 heteroatoms. The Hall–Kier alpha value is -6.08. The first-order chi connectivity index (χ1) is 35.8. The molecule has 6 aromatic rings. The number of hydrogen-bond donors (Lipinski definition) is 2. The Morgan fingerprint density at radius 2 is 1.07 bits per heavy atom. The fourth-order valence-corrected chi connectivity index (χ4v) is 12.4. The normalized spacial score (nSPS) is 19.8. The number of hydrogen-bond acceptors (Lipinski definition) is 16. The number of halogens is 2. The van der Waals surface area contributed by atoms with Crippen molar-refractivity contribution in [2.45, 2.75) is 79.1 Å². The maximum atomic E-state index is 14.4. The van der Waals surface area contributed by atoms with Crippen molar-refractivity contribution in [1.82, 2.24) is 40.0 Å². The first-order valence-electron chi connectivity index (χ1n) is 26.6. The smallest absolute Gasteiger partial charge is 0.155 e. The van der Waals surface area contributed by atoms with E-state index in [1.165, 1.54) is 63.0 Å². The van der Waals surface area contributed by atoms with Crippen LogP contribution in [0.5, 0.6) is 0 Å². The van der Waals surface area contributed by atoms with Crippen LogP contribution in [0.15, 0.2) is 70.5 Å². The molecule has 6 aliphatic heterocycles. The molecule has 6 aliphatic rings. The van der Waals surface area contributed by atoms with Crippen molar-refractivity contribution in [2.75, 3.05) is 112 Å². The fraction of sp³-hybridized carbons (Fsp3) is 0.536. The van der Waals surface area contributed by atoms with Gasteiger partial charge in [-0.3, -0.25) is 0 Å². The zero-order chi connectivity index (χ0) is 51.1. The van der Waals surface area contributed by atoms with Crippen LogP contribution in [0.2, 0.25) is 0 Å². The highest BCUT2D eigenvalue weighted by Gasteiger charge is 2.54. The lowest BCUT2D eigenvalue weighted by molar-refractivity contribution is -0.0430. The lowest BCUT2D eigenvalue weighted by Gasteiger charge is -2.61. The van der Waals surface area contributed by atoms with Gasteiger partial charge in [0.2, 0.25) is 0 Å². The van der Waals surface area contributed by atoms with E-state index < -0.39 is 0 Å². The van der Waals surface area contributed by atoms with Crippen molar-refractivity contribution in [3.63, 3.8) is 0 Å². The van der Waals surface area contributed by atoms with E-state index in [4.69, 9.17) is 18.5 Å². The molecule has 0 saturated carbocycles. The van der Waals surface area contributed by atoms with Gasteiger partial charge in [-0.05, 0) is 93.7 Å². The Balaban J connectivity index is 0.000000159. The minimum absolute atomic E-state index is 0.119. The van der Waals surface area contributed by atoms with E-state index in [0.29, 0.717) is 16.6 Å². The quantitative estimate of drug-likeness (QED) is 0.106. The third kappa shape index (κ3) is 10.3. The number of benzene rings is 2. The lowest BCUT2D eigenvalue weighted by atomic mass is 9.72. The topological polar surface area (TPSA) is 159 Å². The van der Waals surface area contributed by atoms with Crippen molar-refractivity contribution in [3.05, 3.63) is 96.0 Å². The zero-order valence-corrected chi connectivity index (χ0v) is 43.7. The van der Waals surface area contributed by atoms with E-state index >= 15 is 0 Å². The molecule has 74 heavy (non-hydrogen) atoms. The van der Waals surface area contributed by atoms with E-state index in [1.54, 1.807) is 37.2 Å². The van der Waals surface area contributed by atoms with Gasteiger partial charge < -0.3 is 48.8 Å². The summed E-state index contributed by atoms with van der Waals surface area (Å²) in [6.07, 6.45) is 11.5. The van der Waals surface area contributed by atoms with Gasteiger partial charge in [0.25, 0.3) is 0 Å². The number of nitrogens with zero attached hydrogens (tertiary/aromatic N) is 10. The summed E-state index contributed by atoms with van der Waals surface area (Å²) in [5.41, 5.74) is 8.54. The van der Waals surface area contributed by atoms with Crippen LogP contribution in [-0.2, 0) is 9.47 Å². The molecule has 2 N–H and O–H groups in total. The minimum Gasteiger partial charge on any atom is -0.381 e. The summed E-state index contributed by atoms with van der Waals surface area (Å²) < 4.78 is 50.9. The minimum atomic E-state index is -0.305. The molecule has 0 unspecified atom stereocenters. The highest BCUT2D eigenvalue weighted by atomic mass is 19.1. The Morgan fingerprint density at radius 3 is 1.53 bits per heavy atom. The van der Waals surface area contributed by atoms with Crippen LogP contribution in [0, 0.1) is 48.1 Å². The van der Waals surface area contributed by atoms with Gasteiger partial charge in [-0.1, -0.05) is 38.0 Å². The fourth-order valence-electron chi connectivity index (χ4n) is 12.4. The molecule has 2 spiro atoms. The number of aryl methyl sites for hydroxylation is 2. The standard InChI is InChI=1S/2C28H35FN6O2/c1-18(2)26-25(19(3)37-33-26)22-10-21(29)4-5-23(22)32-24-11-30-17-31-27(24)35-15-28(16-35)13-34(14-28)12-20-6-8-36-9-7-20;1-18(2)26-25(19(3)33-37-26)22-10-21(29)4-5-23(22)32-24-11-30-17-31-27(24)35-15-28(16-35)13-34(14-28)12-20-6-8-36-9-7-20/h2*4-5,10-11,17-18,20,32H,6-9,12-16H2,1-3H3. The maximum Gasteiger partial charge on any atom is 0.155 e. The summed E-state index contributed by atoms with van der Waals surface area (Å²) in [5.74, 6) is 4.37. The highest BCUT2D eigenvalue weighted by Crippen LogP contribution is 2.47. The summed E-state index contributed by atoms with van der Waals surface area (Å²) in [6.45, 7) is 26.5. The average molecular weight is 1010 g/mol. The number of ether oxygens (including phenoxy) is 2. The van der Waals surface area contributed by atoms with Gasteiger partial charge in [0.05, 0.1) is 23.8 Å². The number of aromatic nitrogens is 6. The molecule has 0 bridgehead atoms. The largest absolute Gasteiger partial charge is 0.381 e. The summed E-state index contributed by atoms with van der Waals surface area (Å²) in [7, 11) is 0. The summed E-state index contributed by atoms with van der Waals surface area (Å²) >= 11 is 0. The first kappa shape index (κ1) is 50.1. The van der Waals surface area contributed by atoms with Crippen LogP contribution >= 0.6 is 0 Å². The van der Waals surface area contributed by atoms with Gasteiger partial charge in [-0.15, -0.1) is 0 Å². The molecule has 0 amide bonds. The monoisotopic (exact) mass is 1010 g/mol. The van der Waals surface area contributed by atoms with E-state index in [9.17, 15) is 8.78 Å². The SMILES string of the molecule is Cc1noc(C(C)C)c1-c1cc(F)ccc1Nc1cncnc1N1CC2(CN(CC3CCOCC3)C2)C1.Cc1onc(C(C)C)c1-c1cc(F)ccc1Nc1cncnc1N1CC2(CN(CC3CCOCC3)C2)C1. The van der Waals surface area contributed by atoms with Crippen LogP contribution in [0.3, 0.4) is 0 Å². The Labute approximate surface area is 432 Å².